The van der Waals surface area contributed by atoms with E-state index in [9.17, 15) is 4.79 Å². The summed E-state index contributed by atoms with van der Waals surface area (Å²) in [5.41, 5.74) is 0. The fraction of sp³-hybridized carbons (Fsp3) is 0.778. The summed E-state index contributed by atoms with van der Waals surface area (Å²) in [6.45, 7) is 0. The van der Waals surface area contributed by atoms with Crippen molar-refractivity contribution in [3.63, 3.8) is 0 Å². The molecule has 2 saturated heterocycles. The van der Waals surface area contributed by atoms with Crippen molar-refractivity contribution in [3.05, 3.63) is 0 Å². The number of nitrogens with one attached hydrogen (secondary N) is 2. The molecule has 2 rings (SSSR count). The third kappa shape index (κ3) is 2.79. The van der Waals surface area contributed by atoms with E-state index in [-0.39, 0.29) is 11.2 Å². The largest absolute Gasteiger partial charge is 0.465 e. The maximum absolute atomic E-state index is 10.3. The number of amides is 1. The maximum atomic E-state index is 10.3. The van der Waals surface area contributed by atoms with Gasteiger partial charge in [0, 0.05) is 6.04 Å². The van der Waals surface area contributed by atoms with Gasteiger partial charge in [0.1, 0.15) is 0 Å². The number of fused-ring (bicyclic) bond motifs is 2. The topological polar surface area (TPSA) is 70.6 Å². The summed E-state index contributed by atoms with van der Waals surface area (Å²) in [6, 6.07) is 0.246. The van der Waals surface area contributed by atoms with Crippen molar-refractivity contribution < 1.29 is 14.6 Å². The van der Waals surface area contributed by atoms with Crippen molar-refractivity contribution in [2.45, 2.75) is 43.9 Å². The quantitative estimate of drug-likeness (QED) is 0.582. The molecule has 2 bridgehead atoms. The molecule has 0 radical (unpaired) electrons. The molecule has 2 aliphatic rings. The Labute approximate surface area is 93.2 Å². The highest BCUT2D eigenvalue weighted by atomic mass is 32.1. The van der Waals surface area contributed by atoms with Crippen molar-refractivity contribution in [2.75, 3.05) is 0 Å². The molecule has 2 fully saturated rings. The van der Waals surface area contributed by atoms with Gasteiger partial charge in [-0.3, -0.25) is 5.32 Å². The zero-order valence-corrected chi connectivity index (χ0v) is 9.05. The molecule has 5 nitrogen and oxygen atoms in total. The minimum absolute atomic E-state index is 0.189. The number of ether oxygens (including phenoxy) is 1. The summed E-state index contributed by atoms with van der Waals surface area (Å²) >= 11 is 4.86. The standard InChI is InChI=1S/C9H14N2O3S/c12-9(13)11-8(15)10-5-3-6-1-2-7(4-5)14-6/h5-7H,1-4H2,(H,12,13)(H2,10,11,15)/t5?,6-,7+. The molecule has 0 aromatic rings. The Balaban J connectivity index is 1.80. The zero-order chi connectivity index (χ0) is 10.8. The van der Waals surface area contributed by atoms with Gasteiger partial charge in [-0.05, 0) is 37.9 Å². The second-order valence-corrected chi connectivity index (χ2v) is 4.44. The minimum atomic E-state index is -1.12. The van der Waals surface area contributed by atoms with Crippen LogP contribution in [-0.4, -0.2) is 34.6 Å². The summed E-state index contributed by atoms with van der Waals surface area (Å²) in [5, 5.41) is 13.8. The SMILES string of the molecule is O=C(O)NC(=S)NC1C[C@H]2CC[C@@H](C1)O2. The first kappa shape index (κ1) is 10.6. The van der Waals surface area contributed by atoms with E-state index in [1.54, 1.807) is 0 Å². The first-order valence-corrected chi connectivity index (χ1v) is 5.50. The minimum Gasteiger partial charge on any atom is -0.465 e. The molecular weight excluding hydrogens is 216 g/mol. The maximum Gasteiger partial charge on any atom is 0.410 e. The lowest BCUT2D eigenvalue weighted by molar-refractivity contribution is -0.00554. The van der Waals surface area contributed by atoms with Gasteiger partial charge in [0.25, 0.3) is 0 Å². The Bertz CT molecular complexity index is 273. The third-order valence-electron chi connectivity index (χ3n) is 2.85. The number of hydrogen-bond donors (Lipinski definition) is 3. The van der Waals surface area contributed by atoms with Gasteiger partial charge in [-0.15, -0.1) is 0 Å². The Morgan fingerprint density at radius 1 is 1.33 bits per heavy atom. The average Bonchev–Trinajstić information content (AvgIpc) is 2.44. The summed E-state index contributed by atoms with van der Waals surface area (Å²) in [7, 11) is 0. The van der Waals surface area contributed by atoms with E-state index >= 15 is 0 Å². The molecule has 15 heavy (non-hydrogen) atoms. The van der Waals surface area contributed by atoms with E-state index in [1.165, 1.54) is 0 Å². The molecule has 1 unspecified atom stereocenters. The fourth-order valence-corrected chi connectivity index (χ4v) is 2.55. The predicted octanol–water partition coefficient (Wildman–Crippen LogP) is 0.839. The highest BCUT2D eigenvalue weighted by Gasteiger charge is 2.35. The molecule has 2 aliphatic heterocycles. The van der Waals surface area contributed by atoms with Crippen LogP contribution in [0.4, 0.5) is 4.79 Å². The van der Waals surface area contributed by atoms with Gasteiger partial charge in [0.05, 0.1) is 12.2 Å². The van der Waals surface area contributed by atoms with Crippen LogP contribution in [0.25, 0.3) is 0 Å². The van der Waals surface area contributed by atoms with Crippen molar-refractivity contribution in [3.8, 4) is 0 Å². The summed E-state index contributed by atoms with van der Waals surface area (Å²) < 4.78 is 5.67. The second-order valence-electron chi connectivity index (χ2n) is 4.03. The van der Waals surface area contributed by atoms with Crippen LogP contribution in [0.5, 0.6) is 0 Å². The van der Waals surface area contributed by atoms with Crippen LogP contribution in [0.3, 0.4) is 0 Å². The van der Waals surface area contributed by atoms with Crippen LogP contribution >= 0.6 is 12.2 Å². The zero-order valence-electron chi connectivity index (χ0n) is 8.23. The van der Waals surface area contributed by atoms with E-state index in [4.69, 9.17) is 22.1 Å². The van der Waals surface area contributed by atoms with Gasteiger partial charge in [0.15, 0.2) is 5.11 Å². The Hall–Kier alpha value is -0.880. The van der Waals surface area contributed by atoms with Gasteiger partial charge >= 0.3 is 6.09 Å². The van der Waals surface area contributed by atoms with Crippen LogP contribution < -0.4 is 10.6 Å². The first-order chi connectivity index (χ1) is 7.13. The lowest BCUT2D eigenvalue weighted by atomic mass is 10.0. The highest BCUT2D eigenvalue weighted by Crippen LogP contribution is 2.32. The summed E-state index contributed by atoms with van der Waals surface area (Å²) in [5.74, 6) is 0. The fourth-order valence-electron chi connectivity index (χ4n) is 2.29. The van der Waals surface area contributed by atoms with Crippen LogP contribution in [-0.2, 0) is 4.74 Å². The van der Waals surface area contributed by atoms with Gasteiger partial charge < -0.3 is 15.2 Å². The smallest absolute Gasteiger partial charge is 0.410 e. The van der Waals surface area contributed by atoms with E-state index < -0.39 is 6.09 Å². The molecule has 0 saturated carbocycles. The number of carboxylic acid groups (broad SMARTS) is 1. The third-order valence-corrected chi connectivity index (χ3v) is 3.07. The lowest BCUT2D eigenvalue weighted by Crippen LogP contribution is -2.47. The molecule has 0 aromatic carbocycles. The van der Waals surface area contributed by atoms with Crippen molar-refractivity contribution in [2.24, 2.45) is 0 Å². The molecule has 0 spiro atoms. The van der Waals surface area contributed by atoms with Gasteiger partial charge in [-0.25, -0.2) is 4.79 Å². The normalized spacial score (nSPS) is 33.5. The number of hydrogen-bond acceptors (Lipinski definition) is 3. The Morgan fingerprint density at radius 3 is 2.47 bits per heavy atom. The van der Waals surface area contributed by atoms with Gasteiger partial charge in [-0.2, -0.15) is 0 Å². The molecule has 0 aliphatic carbocycles. The first-order valence-electron chi connectivity index (χ1n) is 5.09. The van der Waals surface area contributed by atoms with Crippen molar-refractivity contribution in [1.29, 1.82) is 0 Å². The van der Waals surface area contributed by atoms with Crippen LogP contribution in [0, 0.1) is 0 Å². The molecule has 3 atom stereocenters. The van der Waals surface area contributed by atoms with Crippen LogP contribution in [0.15, 0.2) is 0 Å². The van der Waals surface area contributed by atoms with Crippen LogP contribution in [0.1, 0.15) is 25.7 Å². The van der Waals surface area contributed by atoms with Crippen LogP contribution in [0.2, 0.25) is 0 Å². The monoisotopic (exact) mass is 230 g/mol. The lowest BCUT2D eigenvalue weighted by Gasteiger charge is -2.29. The second kappa shape index (κ2) is 4.32. The molecule has 0 aromatic heterocycles. The summed E-state index contributed by atoms with van der Waals surface area (Å²) in [4.78, 5) is 10.3. The predicted molar refractivity (Wildman–Crippen MR) is 57.8 cm³/mol. The molecule has 1 amide bonds. The van der Waals surface area contributed by atoms with E-state index in [0.29, 0.717) is 12.2 Å². The average molecular weight is 230 g/mol. The highest BCUT2D eigenvalue weighted by molar-refractivity contribution is 7.80. The van der Waals surface area contributed by atoms with E-state index in [0.717, 1.165) is 25.7 Å². The molecule has 3 N–H and O–H groups in total. The number of carbonyl (C=O) groups is 1. The van der Waals surface area contributed by atoms with E-state index in [1.807, 2.05) is 0 Å². The Morgan fingerprint density at radius 2 is 1.93 bits per heavy atom. The molecular formula is C9H14N2O3S. The molecule has 6 heteroatoms. The van der Waals surface area contributed by atoms with Crippen molar-refractivity contribution in [1.82, 2.24) is 10.6 Å². The number of rotatable bonds is 1. The van der Waals surface area contributed by atoms with Crippen molar-refractivity contribution >= 4 is 23.4 Å². The van der Waals surface area contributed by atoms with Gasteiger partial charge in [-0.1, -0.05) is 0 Å². The summed E-state index contributed by atoms with van der Waals surface area (Å²) in [6.07, 6.45) is 3.59. The van der Waals surface area contributed by atoms with Gasteiger partial charge in [0.2, 0.25) is 0 Å². The molecule has 2 heterocycles. The van der Waals surface area contributed by atoms with E-state index in [2.05, 4.69) is 10.6 Å². The Kier molecular flexibility index (Phi) is 3.06. The molecule has 84 valence electrons. The number of thiocarbonyl (C=S) groups is 1.